The Kier molecular flexibility index (Phi) is 4.58. The van der Waals surface area contributed by atoms with Crippen molar-refractivity contribution in [3.63, 3.8) is 0 Å². The van der Waals surface area contributed by atoms with Crippen LogP contribution in [-0.4, -0.2) is 23.2 Å². The first kappa shape index (κ1) is 13.6. The van der Waals surface area contributed by atoms with Crippen molar-refractivity contribution in [1.82, 2.24) is 9.97 Å². The largest absolute Gasteiger partial charge is 0.494 e. The normalized spacial score (nSPS) is 10.3. The van der Waals surface area contributed by atoms with Gasteiger partial charge in [0.15, 0.2) is 5.82 Å². The van der Waals surface area contributed by atoms with Gasteiger partial charge in [-0.1, -0.05) is 23.7 Å². The molecule has 1 aromatic heterocycles. The first-order valence-electron chi connectivity index (χ1n) is 6.13. The SMILES string of the molecule is CCOc1cccc(-c2nc(Cl)cc(OCC)n2)c1. The highest BCUT2D eigenvalue weighted by molar-refractivity contribution is 6.29. The maximum Gasteiger partial charge on any atom is 0.218 e. The summed E-state index contributed by atoms with van der Waals surface area (Å²) in [5, 5.41) is 0.357. The number of benzene rings is 1. The molecule has 0 unspecified atom stereocenters. The lowest BCUT2D eigenvalue weighted by Crippen LogP contribution is -1.98. The third kappa shape index (κ3) is 3.58. The summed E-state index contributed by atoms with van der Waals surface area (Å²) in [6, 6.07) is 9.17. The molecule has 0 saturated carbocycles. The predicted octanol–water partition coefficient (Wildman–Crippen LogP) is 3.59. The molecule has 0 N–H and O–H groups in total. The zero-order chi connectivity index (χ0) is 13.7. The van der Waals surface area contributed by atoms with Gasteiger partial charge in [0.05, 0.1) is 13.2 Å². The molecule has 0 radical (unpaired) electrons. The van der Waals surface area contributed by atoms with E-state index in [2.05, 4.69) is 9.97 Å². The number of ether oxygens (including phenoxy) is 2. The topological polar surface area (TPSA) is 44.2 Å². The van der Waals surface area contributed by atoms with Gasteiger partial charge >= 0.3 is 0 Å². The number of hydrogen-bond acceptors (Lipinski definition) is 4. The monoisotopic (exact) mass is 278 g/mol. The predicted molar refractivity (Wildman–Crippen MR) is 74.8 cm³/mol. The number of aromatic nitrogens is 2. The summed E-state index contributed by atoms with van der Waals surface area (Å²) in [7, 11) is 0. The summed E-state index contributed by atoms with van der Waals surface area (Å²) in [6.07, 6.45) is 0. The standard InChI is InChI=1S/C14H15ClN2O2/c1-3-18-11-7-5-6-10(8-11)14-16-12(15)9-13(17-14)19-4-2/h5-9H,3-4H2,1-2H3. The summed E-state index contributed by atoms with van der Waals surface area (Å²) >= 11 is 5.97. The molecular formula is C14H15ClN2O2. The molecule has 1 heterocycles. The third-order valence-electron chi connectivity index (χ3n) is 2.37. The summed E-state index contributed by atoms with van der Waals surface area (Å²) in [5.74, 6) is 1.78. The van der Waals surface area contributed by atoms with E-state index in [0.29, 0.717) is 30.1 Å². The van der Waals surface area contributed by atoms with Crippen LogP contribution in [0, 0.1) is 0 Å². The number of rotatable bonds is 5. The van der Waals surface area contributed by atoms with Gasteiger partial charge < -0.3 is 9.47 Å². The highest BCUT2D eigenvalue weighted by Gasteiger charge is 2.07. The smallest absolute Gasteiger partial charge is 0.218 e. The fraction of sp³-hybridized carbons (Fsp3) is 0.286. The molecule has 2 rings (SSSR count). The van der Waals surface area contributed by atoms with Gasteiger partial charge in [0.1, 0.15) is 10.9 Å². The minimum atomic E-state index is 0.357. The van der Waals surface area contributed by atoms with Gasteiger partial charge in [-0.25, -0.2) is 4.98 Å². The lowest BCUT2D eigenvalue weighted by Gasteiger charge is -2.07. The van der Waals surface area contributed by atoms with Gasteiger partial charge in [0.25, 0.3) is 0 Å². The highest BCUT2D eigenvalue weighted by Crippen LogP contribution is 2.24. The molecule has 0 fully saturated rings. The van der Waals surface area contributed by atoms with Crippen LogP contribution in [-0.2, 0) is 0 Å². The van der Waals surface area contributed by atoms with E-state index in [1.54, 1.807) is 6.07 Å². The van der Waals surface area contributed by atoms with Crippen LogP contribution in [0.15, 0.2) is 30.3 Å². The van der Waals surface area contributed by atoms with E-state index in [-0.39, 0.29) is 0 Å². The highest BCUT2D eigenvalue weighted by atomic mass is 35.5. The average molecular weight is 279 g/mol. The molecule has 100 valence electrons. The second kappa shape index (κ2) is 6.38. The second-order valence-corrected chi connectivity index (χ2v) is 4.13. The van der Waals surface area contributed by atoms with Crippen molar-refractivity contribution in [3.05, 3.63) is 35.5 Å². The van der Waals surface area contributed by atoms with Crippen molar-refractivity contribution in [2.24, 2.45) is 0 Å². The van der Waals surface area contributed by atoms with Crippen LogP contribution >= 0.6 is 11.6 Å². The minimum absolute atomic E-state index is 0.357. The zero-order valence-electron chi connectivity index (χ0n) is 10.9. The summed E-state index contributed by atoms with van der Waals surface area (Å²) in [6.45, 7) is 4.98. The second-order valence-electron chi connectivity index (χ2n) is 3.75. The number of hydrogen-bond donors (Lipinski definition) is 0. The Morgan fingerprint density at radius 2 is 1.84 bits per heavy atom. The molecule has 0 aliphatic rings. The third-order valence-corrected chi connectivity index (χ3v) is 2.56. The maximum absolute atomic E-state index is 5.97. The van der Waals surface area contributed by atoms with Gasteiger partial charge in [0.2, 0.25) is 5.88 Å². The number of nitrogens with zero attached hydrogens (tertiary/aromatic N) is 2. The molecule has 0 spiro atoms. The summed E-state index contributed by atoms with van der Waals surface area (Å²) < 4.78 is 10.8. The van der Waals surface area contributed by atoms with Crippen LogP contribution in [0.2, 0.25) is 5.15 Å². The van der Waals surface area contributed by atoms with E-state index in [1.807, 2.05) is 38.1 Å². The van der Waals surface area contributed by atoms with E-state index in [4.69, 9.17) is 21.1 Å². The molecule has 0 bridgehead atoms. The first-order valence-corrected chi connectivity index (χ1v) is 6.51. The van der Waals surface area contributed by atoms with E-state index >= 15 is 0 Å². The van der Waals surface area contributed by atoms with Crippen molar-refractivity contribution >= 4 is 11.6 Å². The van der Waals surface area contributed by atoms with Crippen LogP contribution < -0.4 is 9.47 Å². The van der Waals surface area contributed by atoms with E-state index in [0.717, 1.165) is 11.3 Å². The van der Waals surface area contributed by atoms with Crippen molar-refractivity contribution in [2.75, 3.05) is 13.2 Å². The van der Waals surface area contributed by atoms with Crippen LogP contribution in [0.1, 0.15) is 13.8 Å². The minimum Gasteiger partial charge on any atom is -0.494 e. The molecule has 19 heavy (non-hydrogen) atoms. The lowest BCUT2D eigenvalue weighted by atomic mass is 10.2. The molecule has 0 saturated heterocycles. The van der Waals surface area contributed by atoms with Crippen LogP contribution in [0.4, 0.5) is 0 Å². The van der Waals surface area contributed by atoms with Gasteiger partial charge in [-0.3, -0.25) is 0 Å². The Labute approximate surface area is 117 Å². The zero-order valence-corrected chi connectivity index (χ0v) is 11.6. The van der Waals surface area contributed by atoms with Crippen LogP contribution in [0.25, 0.3) is 11.4 Å². The number of halogens is 1. The maximum atomic E-state index is 5.97. The quantitative estimate of drug-likeness (QED) is 0.784. The van der Waals surface area contributed by atoms with Crippen molar-refractivity contribution in [2.45, 2.75) is 13.8 Å². The van der Waals surface area contributed by atoms with E-state index in [1.165, 1.54) is 0 Å². The van der Waals surface area contributed by atoms with E-state index < -0.39 is 0 Å². The molecule has 1 aromatic carbocycles. The van der Waals surface area contributed by atoms with Crippen molar-refractivity contribution in [3.8, 4) is 23.0 Å². The molecular weight excluding hydrogens is 264 g/mol. The molecule has 4 nitrogen and oxygen atoms in total. The fourth-order valence-electron chi connectivity index (χ4n) is 1.64. The Balaban J connectivity index is 2.37. The fourth-order valence-corrected chi connectivity index (χ4v) is 1.81. The molecule has 0 atom stereocenters. The molecule has 0 aliphatic carbocycles. The van der Waals surface area contributed by atoms with Crippen LogP contribution in [0.5, 0.6) is 11.6 Å². The van der Waals surface area contributed by atoms with Crippen LogP contribution in [0.3, 0.4) is 0 Å². The van der Waals surface area contributed by atoms with Gasteiger partial charge in [0, 0.05) is 11.6 Å². The van der Waals surface area contributed by atoms with E-state index in [9.17, 15) is 0 Å². The summed E-state index contributed by atoms with van der Waals surface area (Å²) in [4.78, 5) is 8.53. The lowest BCUT2D eigenvalue weighted by molar-refractivity contribution is 0.326. The molecule has 5 heteroatoms. The molecule has 0 amide bonds. The average Bonchev–Trinajstić information content (AvgIpc) is 2.39. The summed E-state index contributed by atoms with van der Waals surface area (Å²) in [5.41, 5.74) is 0.842. The molecule has 2 aromatic rings. The Morgan fingerprint density at radius 1 is 1.05 bits per heavy atom. The van der Waals surface area contributed by atoms with Gasteiger partial charge in [-0.05, 0) is 26.0 Å². The first-order chi connectivity index (χ1) is 9.22. The van der Waals surface area contributed by atoms with Gasteiger partial charge in [-0.15, -0.1) is 0 Å². The Morgan fingerprint density at radius 3 is 2.58 bits per heavy atom. The molecule has 0 aliphatic heterocycles. The Hall–Kier alpha value is -1.81. The van der Waals surface area contributed by atoms with Gasteiger partial charge in [-0.2, -0.15) is 4.98 Å². The Bertz CT molecular complexity index is 561. The van der Waals surface area contributed by atoms with Crippen molar-refractivity contribution in [1.29, 1.82) is 0 Å². The van der Waals surface area contributed by atoms with Crippen molar-refractivity contribution < 1.29 is 9.47 Å².